The largest absolute Gasteiger partial charge is 0.272 e. The Morgan fingerprint density at radius 3 is 3.18 bits per heavy atom. The number of hydrogen-bond donors (Lipinski definition) is 1. The van der Waals surface area contributed by atoms with E-state index in [0.717, 1.165) is 14.6 Å². The van der Waals surface area contributed by atoms with Crippen molar-refractivity contribution in [2.75, 3.05) is 5.75 Å². The SMILES string of the molecule is C/C=N/NC(=O)CSc1nc2ccccc2s1. The van der Waals surface area contributed by atoms with Gasteiger partial charge in [0.15, 0.2) is 4.34 Å². The molecule has 0 bridgehead atoms. The molecule has 1 aromatic heterocycles. The normalized spacial score (nSPS) is 11.1. The first-order chi connectivity index (χ1) is 8.29. The fourth-order valence-electron chi connectivity index (χ4n) is 1.21. The van der Waals surface area contributed by atoms with Crippen LogP contribution in [-0.2, 0) is 4.79 Å². The lowest BCUT2D eigenvalue weighted by Crippen LogP contribution is -2.19. The molecule has 0 aliphatic heterocycles. The average molecular weight is 265 g/mol. The van der Waals surface area contributed by atoms with Gasteiger partial charge in [-0.3, -0.25) is 4.79 Å². The number of carbonyl (C=O) groups is 1. The van der Waals surface area contributed by atoms with Gasteiger partial charge in [-0.25, -0.2) is 10.4 Å². The van der Waals surface area contributed by atoms with E-state index in [2.05, 4.69) is 15.5 Å². The summed E-state index contributed by atoms with van der Waals surface area (Å²) >= 11 is 3.02. The van der Waals surface area contributed by atoms with Crippen molar-refractivity contribution in [1.29, 1.82) is 0 Å². The first-order valence-electron chi connectivity index (χ1n) is 5.04. The van der Waals surface area contributed by atoms with Gasteiger partial charge in [-0.05, 0) is 19.1 Å². The zero-order chi connectivity index (χ0) is 12.1. The van der Waals surface area contributed by atoms with Crippen molar-refractivity contribution in [2.45, 2.75) is 11.3 Å². The number of thioether (sulfide) groups is 1. The molecular weight excluding hydrogens is 254 g/mol. The molecule has 17 heavy (non-hydrogen) atoms. The molecule has 4 nitrogen and oxygen atoms in total. The van der Waals surface area contributed by atoms with Crippen LogP contribution in [0, 0.1) is 0 Å². The smallest absolute Gasteiger partial charge is 0.250 e. The number of carbonyl (C=O) groups excluding carboxylic acids is 1. The second kappa shape index (κ2) is 5.79. The van der Waals surface area contributed by atoms with Crippen LogP contribution in [-0.4, -0.2) is 22.9 Å². The molecule has 1 amide bonds. The Morgan fingerprint density at radius 2 is 2.41 bits per heavy atom. The fourth-order valence-corrected chi connectivity index (χ4v) is 3.07. The van der Waals surface area contributed by atoms with Gasteiger partial charge in [0.05, 0.1) is 16.0 Å². The third-order valence-corrected chi connectivity index (χ3v) is 4.10. The van der Waals surface area contributed by atoms with E-state index in [4.69, 9.17) is 0 Å². The van der Waals surface area contributed by atoms with E-state index in [0.29, 0.717) is 5.75 Å². The van der Waals surface area contributed by atoms with Crippen molar-refractivity contribution < 1.29 is 4.79 Å². The molecule has 6 heteroatoms. The molecule has 0 aliphatic carbocycles. The van der Waals surface area contributed by atoms with Gasteiger partial charge in [-0.15, -0.1) is 11.3 Å². The number of thiazole rings is 1. The number of hydrazone groups is 1. The van der Waals surface area contributed by atoms with E-state index in [1.807, 2.05) is 24.3 Å². The van der Waals surface area contributed by atoms with Gasteiger partial charge in [0.25, 0.3) is 0 Å². The third-order valence-electron chi connectivity index (χ3n) is 1.92. The Kier molecular flexibility index (Phi) is 4.11. The first-order valence-corrected chi connectivity index (χ1v) is 6.84. The number of hydrogen-bond acceptors (Lipinski definition) is 5. The lowest BCUT2D eigenvalue weighted by molar-refractivity contribution is -0.118. The van der Waals surface area contributed by atoms with E-state index in [-0.39, 0.29) is 5.91 Å². The Labute approximate surface area is 107 Å². The van der Waals surface area contributed by atoms with Gasteiger partial charge in [0, 0.05) is 6.21 Å². The van der Waals surface area contributed by atoms with Crippen LogP contribution in [0.15, 0.2) is 33.7 Å². The predicted octanol–water partition coefficient (Wildman–Crippen LogP) is 2.51. The molecule has 0 radical (unpaired) electrons. The summed E-state index contributed by atoms with van der Waals surface area (Å²) in [5.74, 6) is 0.212. The molecule has 0 saturated heterocycles. The van der Waals surface area contributed by atoms with Crippen LogP contribution in [0.4, 0.5) is 0 Å². The van der Waals surface area contributed by atoms with E-state index in [1.54, 1.807) is 24.5 Å². The number of nitrogens with zero attached hydrogens (tertiary/aromatic N) is 2. The van der Waals surface area contributed by atoms with Crippen LogP contribution in [0.5, 0.6) is 0 Å². The molecule has 2 rings (SSSR count). The lowest BCUT2D eigenvalue weighted by Gasteiger charge is -1.96. The minimum absolute atomic E-state index is 0.118. The van der Waals surface area contributed by atoms with Crippen molar-refractivity contribution in [3.8, 4) is 0 Å². The zero-order valence-electron chi connectivity index (χ0n) is 9.21. The molecule has 1 aromatic carbocycles. The van der Waals surface area contributed by atoms with Gasteiger partial charge in [-0.2, -0.15) is 5.10 Å². The van der Waals surface area contributed by atoms with E-state index in [1.165, 1.54) is 11.8 Å². The van der Waals surface area contributed by atoms with Crippen LogP contribution >= 0.6 is 23.1 Å². The van der Waals surface area contributed by atoms with Gasteiger partial charge in [-0.1, -0.05) is 23.9 Å². The molecule has 1 N–H and O–H groups in total. The van der Waals surface area contributed by atoms with Crippen molar-refractivity contribution in [2.24, 2.45) is 5.10 Å². The maximum Gasteiger partial charge on any atom is 0.250 e. The first kappa shape index (κ1) is 12.1. The van der Waals surface area contributed by atoms with Gasteiger partial charge in [0.2, 0.25) is 5.91 Å². The summed E-state index contributed by atoms with van der Waals surface area (Å²) in [5.41, 5.74) is 3.40. The van der Waals surface area contributed by atoms with Crippen molar-refractivity contribution in [3.63, 3.8) is 0 Å². The summed E-state index contributed by atoms with van der Waals surface area (Å²) in [4.78, 5) is 15.7. The summed E-state index contributed by atoms with van der Waals surface area (Å²) in [6, 6.07) is 7.94. The highest BCUT2D eigenvalue weighted by molar-refractivity contribution is 8.01. The van der Waals surface area contributed by atoms with E-state index < -0.39 is 0 Å². The van der Waals surface area contributed by atoms with Crippen LogP contribution in [0.2, 0.25) is 0 Å². The van der Waals surface area contributed by atoms with Crippen LogP contribution in [0.25, 0.3) is 10.2 Å². The highest BCUT2D eigenvalue weighted by Crippen LogP contribution is 2.28. The molecule has 0 aliphatic rings. The Balaban J connectivity index is 1.97. The second-order valence-corrected chi connectivity index (χ2v) is 5.41. The maximum atomic E-state index is 11.3. The number of para-hydroxylation sites is 1. The molecule has 0 unspecified atom stereocenters. The highest BCUT2D eigenvalue weighted by Gasteiger charge is 2.06. The maximum absolute atomic E-state index is 11.3. The number of rotatable bonds is 4. The van der Waals surface area contributed by atoms with Crippen LogP contribution in [0.3, 0.4) is 0 Å². The molecule has 0 saturated carbocycles. The topological polar surface area (TPSA) is 54.4 Å². The van der Waals surface area contributed by atoms with Crippen molar-refractivity contribution >= 4 is 45.4 Å². The number of benzene rings is 1. The number of amides is 1. The summed E-state index contributed by atoms with van der Waals surface area (Å²) in [6.07, 6.45) is 1.54. The number of nitrogens with one attached hydrogen (secondary N) is 1. The molecular formula is C11H11N3OS2. The summed E-state index contributed by atoms with van der Waals surface area (Å²) in [5, 5.41) is 3.67. The molecule has 0 atom stereocenters. The fraction of sp³-hybridized carbons (Fsp3) is 0.182. The summed E-state index contributed by atoms with van der Waals surface area (Å²) in [6.45, 7) is 1.75. The Morgan fingerprint density at radius 1 is 1.59 bits per heavy atom. The average Bonchev–Trinajstić information content (AvgIpc) is 2.76. The zero-order valence-corrected chi connectivity index (χ0v) is 10.8. The molecule has 0 fully saturated rings. The minimum Gasteiger partial charge on any atom is -0.272 e. The van der Waals surface area contributed by atoms with Gasteiger partial charge >= 0.3 is 0 Å². The van der Waals surface area contributed by atoms with E-state index >= 15 is 0 Å². The minimum atomic E-state index is -0.118. The quantitative estimate of drug-likeness (QED) is 0.525. The third kappa shape index (κ3) is 3.28. The second-order valence-electron chi connectivity index (χ2n) is 3.16. The highest BCUT2D eigenvalue weighted by atomic mass is 32.2. The van der Waals surface area contributed by atoms with Crippen LogP contribution in [0.1, 0.15) is 6.92 Å². The number of fused-ring (bicyclic) bond motifs is 1. The van der Waals surface area contributed by atoms with Crippen molar-refractivity contribution in [3.05, 3.63) is 24.3 Å². The monoisotopic (exact) mass is 265 g/mol. The molecule has 0 spiro atoms. The molecule has 1 heterocycles. The molecule has 2 aromatic rings. The van der Waals surface area contributed by atoms with Gasteiger partial charge < -0.3 is 0 Å². The van der Waals surface area contributed by atoms with Crippen LogP contribution < -0.4 is 5.43 Å². The summed E-state index contributed by atoms with van der Waals surface area (Å²) < 4.78 is 2.05. The predicted molar refractivity (Wildman–Crippen MR) is 72.7 cm³/mol. The van der Waals surface area contributed by atoms with Crippen molar-refractivity contribution in [1.82, 2.24) is 10.4 Å². The standard InChI is InChI=1S/C11H11N3OS2/c1-2-12-14-10(15)7-16-11-13-8-5-3-4-6-9(8)17-11/h2-6H,7H2,1H3,(H,14,15)/b12-2+. The number of aromatic nitrogens is 1. The Hall–Kier alpha value is -1.40. The lowest BCUT2D eigenvalue weighted by atomic mass is 10.3. The van der Waals surface area contributed by atoms with E-state index in [9.17, 15) is 4.79 Å². The Bertz CT molecular complexity index is 517. The van der Waals surface area contributed by atoms with Gasteiger partial charge in [0.1, 0.15) is 0 Å². The molecule has 88 valence electrons. The summed E-state index contributed by atoms with van der Waals surface area (Å²) in [7, 11) is 0.